The number of benzene rings is 1. The predicted molar refractivity (Wildman–Crippen MR) is 81.1 cm³/mol. The number of aliphatic hydroxyl groups excluding tert-OH is 1. The minimum Gasteiger partial charge on any atom is -0.392 e. The molecule has 4 nitrogen and oxygen atoms in total. The lowest BCUT2D eigenvalue weighted by molar-refractivity contribution is 0.0631. The first-order valence-electron chi connectivity index (χ1n) is 6.94. The van der Waals surface area contributed by atoms with E-state index in [-0.39, 0.29) is 10.3 Å². The maximum Gasteiger partial charge on any atom is 0.240 e. The Kier molecular flexibility index (Phi) is 5.74. The first-order valence-corrected chi connectivity index (χ1v) is 8.42. The first-order chi connectivity index (χ1) is 9.18. The fourth-order valence-corrected chi connectivity index (χ4v) is 3.15. The highest BCUT2D eigenvalue weighted by Crippen LogP contribution is 2.25. The van der Waals surface area contributed by atoms with E-state index in [1.807, 2.05) is 27.7 Å². The van der Waals surface area contributed by atoms with Crippen molar-refractivity contribution < 1.29 is 13.5 Å². The third kappa shape index (κ3) is 4.58. The fraction of sp³-hybridized carbons (Fsp3) is 0.600. The summed E-state index contributed by atoms with van der Waals surface area (Å²) in [5.41, 5.74) is 0.367. The summed E-state index contributed by atoms with van der Waals surface area (Å²) in [5, 5.41) is 10.2. The maximum atomic E-state index is 12.3. The summed E-state index contributed by atoms with van der Waals surface area (Å²) in [5.74, 6) is 0. The van der Waals surface area contributed by atoms with Crippen LogP contribution in [-0.2, 0) is 16.4 Å². The summed E-state index contributed by atoms with van der Waals surface area (Å²) < 4.78 is 27.1. The van der Waals surface area contributed by atoms with E-state index in [2.05, 4.69) is 4.72 Å². The van der Waals surface area contributed by atoms with Crippen LogP contribution in [0, 0.1) is 5.41 Å². The highest BCUT2D eigenvalue weighted by molar-refractivity contribution is 7.89. The van der Waals surface area contributed by atoms with Gasteiger partial charge >= 0.3 is 0 Å². The number of hydrogen-bond donors (Lipinski definition) is 2. The molecule has 1 unspecified atom stereocenters. The van der Waals surface area contributed by atoms with Gasteiger partial charge in [-0.25, -0.2) is 13.1 Å². The van der Waals surface area contributed by atoms with Gasteiger partial charge in [-0.1, -0.05) is 45.9 Å². The molecule has 0 spiro atoms. The molecule has 1 aromatic carbocycles. The number of rotatable bonds is 6. The van der Waals surface area contributed by atoms with Crippen LogP contribution in [0.25, 0.3) is 0 Å². The van der Waals surface area contributed by atoms with Crippen LogP contribution in [-0.4, -0.2) is 26.2 Å². The summed E-state index contributed by atoms with van der Waals surface area (Å²) in [6, 6.07) is 6.84. The SMILES string of the molecule is CCCNS(=O)(=O)c1ccccc1CC(O)C(C)(C)C. The second-order valence-electron chi connectivity index (χ2n) is 6.09. The Bertz CT molecular complexity index is 532. The summed E-state index contributed by atoms with van der Waals surface area (Å²) >= 11 is 0. The Morgan fingerprint density at radius 2 is 1.85 bits per heavy atom. The van der Waals surface area contributed by atoms with E-state index in [9.17, 15) is 13.5 Å². The lowest BCUT2D eigenvalue weighted by Crippen LogP contribution is -2.30. The van der Waals surface area contributed by atoms with Crippen LogP contribution in [0.4, 0.5) is 0 Å². The molecule has 0 heterocycles. The van der Waals surface area contributed by atoms with E-state index in [1.54, 1.807) is 24.3 Å². The van der Waals surface area contributed by atoms with Crippen LogP contribution in [0.5, 0.6) is 0 Å². The molecule has 0 aromatic heterocycles. The zero-order valence-electron chi connectivity index (χ0n) is 12.7. The van der Waals surface area contributed by atoms with Crippen molar-refractivity contribution in [1.82, 2.24) is 4.72 Å². The number of hydrogen-bond acceptors (Lipinski definition) is 3. The largest absolute Gasteiger partial charge is 0.392 e. The van der Waals surface area contributed by atoms with Gasteiger partial charge in [-0.2, -0.15) is 0 Å². The Morgan fingerprint density at radius 3 is 2.40 bits per heavy atom. The van der Waals surface area contributed by atoms with Crippen molar-refractivity contribution in [1.29, 1.82) is 0 Å². The smallest absolute Gasteiger partial charge is 0.240 e. The molecule has 20 heavy (non-hydrogen) atoms. The van der Waals surface area contributed by atoms with Gasteiger partial charge in [0, 0.05) is 13.0 Å². The lowest BCUT2D eigenvalue weighted by Gasteiger charge is -2.26. The van der Waals surface area contributed by atoms with Gasteiger partial charge in [-0.15, -0.1) is 0 Å². The van der Waals surface area contributed by atoms with Crippen molar-refractivity contribution >= 4 is 10.0 Å². The number of aliphatic hydroxyl groups is 1. The van der Waals surface area contributed by atoms with Gasteiger partial charge in [0.05, 0.1) is 11.0 Å². The van der Waals surface area contributed by atoms with Gasteiger partial charge in [0.1, 0.15) is 0 Å². The van der Waals surface area contributed by atoms with Gasteiger partial charge in [0.25, 0.3) is 0 Å². The molecule has 0 saturated heterocycles. The Morgan fingerprint density at radius 1 is 1.25 bits per heavy atom. The molecular weight excluding hydrogens is 274 g/mol. The summed E-state index contributed by atoms with van der Waals surface area (Å²) in [4.78, 5) is 0.261. The zero-order chi connectivity index (χ0) is 15.4. The molecule has 0 fully saturated rings. The molecule has 0 aliphatic rings. The molecule has 0 aliphatic heterocycles. The van der Waals surface area contributed by atoms with E-state index >= 15 is 0 Å². The van der Waals surface area contributed by atoms with Gasteiger partial charge in [-0.05, 0) is 23.5 Å². The minimum absolute atomic E-state index is 0.261. The first kappa shape index (κ1) is 17.1. The van der Waals surface area contributed by atoms with Crippen molar-refractivity contribution in [3.63, 3.8) is 0 Å². The maximum absolute atomic E-state index is 12.3. The predicted octanol–water partition coefficient (Wildman–Crippen LogP) is 2.32. The zero-order valence-corrected chi connectivity index (χ0v) is 13.5. The topological polar surface area (TPSA) is 66.4 Å². The van der Waals surface area contributed by atoms with Crippen LogP contribution >= 0.6 is 0 Å². The third-order valence-electron chi connectivity index (χ3n) is 3.22. The third-order valence-corrected chi connectivity index (χ3v) is 4.78. The van der Waals surface area contributed by atoms with Crippen LogP contribution in [0.15, 0.2) is 29.2 Å². The molecule has 114 valence electrons. The van der Waals surface area contributed by atoms with Crippen LogP contribution in [0.3, 0.4) is 0 Å². The Balaban J connectivity index is 3.06. The molecule has 0 amide bonds. The van der Waals surface area contributed by atoms with Gasteiger partial charge in [0.2, 0.25) is 10.0 Å². The van der Waals surface area contributed by atoms with E-state index in [1.165, 1.54) is 0 Å². The summed E-state index contributed by atoms with van der Waals surface area (Å²) in [7, 11) is -3.51. The van der Waals surface area contributed by atoms with E-state index in [0.717, 1.165) is 6.42 Å². The van der Waals surface area contributed by atoms with Crippen molar-refractivity contribution in [2.24, 2.45) is 5.41 Å². The Labute approximate surface area is 122 Å². The molecule has 1 rings (SSSR count). The van der Waals surface area contributed by atoms with Crippen LogP contribution < -0.4 is 4.72 Å². The van der Waals surface area contributed by atoms with E-state index < -0.39 is 16.1 Å². The highest BCUT2D eigenvalue weighted by Gasteiger charge is 2.25. The molecule has 0 aliphatic carbocycles. The standard InChI is InChI=1S/C15H25NO3S/c1-5-10-16-20(18,19)13-9-7-6-8-12(13)11-14(17)15(2,3)4/h6-9,14,16-17H,5,10-11H2,1-4H3. The summed E-state index contributed by atoms with van der Waals surface area (Å²) in [6.45, 7) is 8.13. The minimum atomic E-state index is -3.51. The van der Waals surface area contributed by atoms with Crippen LogP contribution in [0.1, 0.15) is 39.7 Å². The molecule has 0 saturated carbocycles. The normalized spacial score (nSPS) is 14.2. The second-order valence-corrected chi connectivity index (χ2v) is 7.83. The summed E-state index contributed by atoms with van der Waals surface area (Å²) in [6.07, 6.45) is 0.476. The van der Waals surface area contributed by atoms with Gasteiger partial charge in [0.15, 0.2) is 0 Å². The monoisotopic (exact) mass is 299 g/mol. The van der Waals surface area contributed by atoms with E-state index in [4.69, 9.17) is 0 Å². The molecule has 0 radical (unpaired) electrons. The second kappa shape index (κ2) is 6.70. The molecule has 5 heteroatoms. The molecule has 2 N–H and O–H groups in total. The Hall–Kier alpha value is -0.910. The van der Waals surface area contributed by atoms with Crippen molar-refractivity contribution in [2.75, 3.05) is 6.54 Å². The van der Waals surface area contributed by atoms with Crippen molar-refractivity contribution in [3.05, 3.63) is 29.8 Å². The average Bonchev–Trinajstić information content (AvgIpc) is 2.36. The van der Waals surface area contributed by atoms with Gasteiger partial charge in [-0.3, -0.25) is 0 Å². The van der Waals surface area contributed by atoms with Crippen molar-refractivity contribution in [3.8, 4) is 0 Å². The number of nitrogens with one attached hydrogen (secondary N) is 1. The molecule has 1 atom stereocenters. The highest BCUT2D eigenvalue weighted by atomic mass is 32.2. The van der Waals surface area contributed by atoms with Crippen molar-refractivity contribution in [2.45, 2.75) is 51.5 Å². The van der Waals surface area contributed by atoms with Crippen LogP contribution in [0.2, 0.25) is 0 Å². The number of sulfonamides is 1. The van der Waals surface area contributed by atoms with Gasteiger partial charge < -0.3 is 5.11 Å². The lowest BCUT2D eigenvalue weighted by atomic mass is 9.85. The quantitative estimate of drug-likeness (QED) is 0.847. The molecule has 1 aromatic rings. The molecule has 0 bridgehead atoms. The fourth-order valence-electron chi connectivity index (χ4n) is 1.76. The molecular formula is C15H25NO3S. The van der Waals surface area contributed by atoms with E-state index in [0.29, 0.717) is 18.5 Å². The average molecular weight is 299 g/mol.